The highest BCUT2D eigenvalue weighted by Crippen LogP contribution is 2.20. The van der Waals surface area contributed by atoms with E-state index >= 15 is 0 Å². The van der Waals surface area contributed by atoms with E-state index in [0.29, 0.717) is 12.1 Å². The Kier molecular flexibility index (Phi) is 6.21. The van der Waals surface area contributed by atoms with Crippen molar-refractivity contribution in [2.45, 2.75) is 45.6 Å². The molecule has 0 bridgehead atoms. The quantitative estimate of drug-likeness (QED) is 0.673. The summed E-state index contributed by atoms with van der Waals surface area (Å²) in [7, 11) is 0. The maximum absolute atomic E-state index is 12.0. The standard InChI is InChI=1S/C16H24N2O3/c1-4-10(2)15(16(20)21)18-14(19)9-11(3)12-5-7-13(17)8-6-12/h5-8,10-11,15H,4,9,17H2,1-3H3,(H,18,19)(H,20,21). The van der Waals surface area contributed by atoms with E-state index in [2.05, 4.69) is 5.32 Å². The number of nitrogen functional groups attached to an aromatic ring is 1. The Morgan fingerprint density at radius 2 is 1.81 bits per heavy atom. The predicted octanol–water partition coefficient (Wildman–Crippen LogP) is 2.38. The average molecular weight is 292 g/mol. The van der Waals surface area contributed by atoms with Crippen LogP contribution >= 0.6 is 0 Å². The molecule has 0 aliphatic carbocycles. The zero-order valence-corrected chi connectivity index (χ0v) is 12.8. The van der Waals surface area contributed by atoms with Crippen molar-refractivity contribution in [1.29, 1.82) is 0 Å². The average Bonchev–Trinajstić information content (AvgIpc) is 2.44. The fourth-order valence-electron chi connectivity index (χ4n) is 2.14. The molecule has 0 aromatic heterocycles. The van der Waals surface area contributed by atoms with Crippen molar-refractivity contribution < 1.29 is 14.7 Å². The molecular formula is C16H24N2O3. The molecule has 0 spiro atoms. The second kappa shape index (κ2) is 7.67. The summed E-state index contributed by atoms with van der Waals surface area (Å²) >= 11 is 0. The van der Waals surface area contributed by atoms with E-state index in [0.717, 1.165) is 5.56 Å². The van der Waals surface area contributed by atoms with Crippen LogP contribution in [0.1, 0.15) is 45.1 Å². The molecule has 3 atom stereocenters. The first-order valence-corrected chi connectivity index (χ1v) is 7.22. The maximum atomic E-state index is 12.0. The van der Waals surface area contributed by atoms with Crippen LogP contribution in [0.25, 0.3) is 0 Å². The highest BCUT2D eigenvalue weighted by Gasteiger charge is 2.25. The molecule has 5 nitrogen and oxygen atoms in total. The van der Waals surface area contributed by atoms with Crippen molar-refractivity contribution in [1.82, 2.24) is 5.32 Å². The van der Waals surface area contributed by atoms with Gasteiger partial charge in [-0.2, -0.15) is 0 Å². The lowest BCUT2D eigenvalue weighted by Crippen LogP contribution is -2.45. The van der Waals surface area contributed by atoms with Gasteiger partial charge in [-0.05, 0) is 29.5 Å². The molecule has 1 rings (SSSR count). The fourth-order valence-corrected chi connectivity index (χ4v) is 2.14. The van der Waals surface area contributed by atoms with Crippen molar-refractivity contribution in [2.24, 2.45) is 5.92 Å². The molecule has 21 heavy (non-hydrogen) atoms. The number of carbonyl (C=O) groups is 2. The van der Waals surface area contributed by atoms with Crippen LogP contribution in [-0.2, 0) is 9.59 Å². The molecule has 0 aliphatic heterocycles. The van der Waals surface area contributed by atoms with Crippen molar-refractivity contribution >= 4 is 17.6 Å². The molecule has 116 valence electrons. The van der Waals surface area contributed by atoms with Gasteiger partial charge in [0.1, 0.15) is 6.04 Å². The zero-order chi connectivity index (χ0) is 16.0. The van der Waals surface area contributed by atoms with Crippen LogP contribution in [0.4, 0.5) is 5.69 Å². The molecule has 4 N–H and O–H groups in total. The molecule has 1 aromatic rings. The number of carboxylic acids is 1. The number of nitrogens with one attached hydrogen (secondary N) is 1. The minimum atomic E-state index is -0.988. The van der Waals surface area contributed by atoms with Crippen molar-refractivity contribution in [3.8, 4) is 0 Å². The molecule has 0 aliphatic rings. The van der Waals surface area contributed by atoms with Crippen LogP contribution < -0.4 is 11.1 Å². The van der Waals surface area contributed by atoms with Crippen LogP contribution in [0, 0.1) is 5.92 Å². The SMILES string of the molecule is CCC(C)C(NC(=O)CC(C)c1ccc(N)cc1)C(=O)O. The first-order valence-electron chi connectivity index (χ1n) is 7.22. The number of hydrogen-bond donors (Lipinski definition) is 3. The van der Waals surface area contributed by atoms with Crippen LogP contribution in [-0.4, -0.2) is 23.0 Å². The fraction of sp³-hybridized carbons (Fsp3) is 0.500. The van der Waals surface area contributed by atoms with E-state index in [-0.39, 0.29) is 24.2 Å². The van der Waals surface area contributed by atoms with Gasteiger partial charge in [0.2, 0.25) is 5.91 Å². The summed E-state index contributed by atoms with van der Waals surface area (Å²) in [5.41, 5.74) is 7.32. The van der Waals surface area contributed by atoms with Gasteiger partial charge in [-0.3, -0.25) is 4.79 Å². The predicted molar refractivity (Wildman–Crippen MR) is 82.9 cm³/mol. The van der Waals surface area contributed by atoms with Gasteiger partial charge in [0, 0.05) is 12.1 Å². The second-order valence-corrected chi connectivity index (χ2v) is 5.54. The third-order valence-corrected chi connectivity index (χ3v) is 3.79. The zero-order valence-electron chi connectivity index (χ0n) is 12.8. The Balaban J connectivity index is 2.63. The molecule has 0 saturated heterocycles. The largest absolute Gasteiger partial charge is 0.480 e. The van der Waals surface area contributed by atoms with Crippen molar-refractivity contribution in [3.63, 3.8) is 0 Å². The van der Waals surface area contributed by atoms with Gasteiger partial charge in [-0.25, -0.2) is 4.79 Å². The molecule has 5 heteroatoms. The summed E-state index contributed by atoms with van der Waals surface area (Å²) in [6.45, 7) is 5.66. The van der Waals surface area contributed by atoms with Crippen LogP contribution in [0.15, 0.2) is 24.3 Å². The van der Waals surface area contributed by atoms with Crippen molar-refractivity contribution in [2.75, 3.05) is 5.73 Å². The summed E-state index contributed by atoms with van der Waals surface area (Å²) in [5.74, 6) is -1.32. The number of carbonyl (C=O) groups excluding carboxylic acids is 1. The van der Waals surface area contributed by atoms with E-state index in [4.69, 9.17) is 5.73 Å². The highest BCUT2D eigenvalue weighted by molar-refractivity contribution is 5.84. The molecule has 0 radical (unpaired) electrons. The first kappa shape index (κ1) is 17.0. The summed E-state index contributed by atoms with van der Waals surface area (Å²) < 4.78 is 0. The lowest BCUT2D eigenvalue weighted by Gasteiger charge is -2.21. The van der Waals surface area contributed by atoms with Gasteiger partial charge in [0.05, 0.1) is 0 Å². The van der Waals surface area contributed by atoms with E-state index in [9.17, 15) is 14.7 Å². The number of carboxylic acid groups (broad SMARTS) is 1. The van der Waals surface area contributed by atoms with E-state index < -0.39 is 12.0 Å². The van der Waals surface area contributed by atoms with Crippen LogP contribution in [0.2, 0.25) is 0 Å². The second-order valence-electron chi connectivity index (χ2n) is 5.54. The Bertz CT molecular complexity index is 485. The topological polar surface area (TPSA) is 92.4 Å². The number of rotatable bonds is 7. The monoisotopic (exact) mass is 292 g/mol. The van der Waals surface area contributed by atoms with Crippen LogP contribution in [0.5, 0.6) is 0 Å². The number of aliphatic carboxylic acids is 1. The Morgan fingerprint density at radius 3 is 2.29 bits per heavy atom. The van der Waals surface area contributed by atoms with Crippen molar-refractivity contribution in [3.05, 3.63) is 29.8 Å². The normalized spacial score (nSPS) is 15.0. The molecule has 0 fully saturated rings. The molecule has 0 saturated carbocycles. The van der Waals surface area contributed by atoms with Gasteiger partial charge >= 0.3 is 5.97 Å². The summed E-state index contributed by atoms with van der Waals surface area (Å²) in [5, 5.41) is 11.8. The molecular weight excluding hydrogens is 268 g/mol. The number of benzene rings is 1. The summed E-state index contributed by atoms with van der Waals surface area (Å²) in [4.78, 5) is 23.2. The summed E-state index contributed by atoms with van der Waals surface area (Å²) in [6, 6.07) is 6.53. The van der Waals surface area contributed by atoms with Gasteiger partial charge in [0.25, 0.3) is 0 Å². The molecule has 1 amide bonds. The third-order valence-electron chi connectivity index (χ3n) is 3.79. The number of anilines is 1. The number of amides is 1. The van der Waals surface area contributed by atoms with Crippen LogP contribution in [0.3, 0.4) is 0 Å². The van der Waals surface area contributed by atoms with E-state index in [1.54, 1.807) is 12.1 Å². The lowest BCUT2D eigenvalue weighted by atomic mass is 9.95. The van der Waals surface area contributed by atoms with Gasteiger partial charge in [-0.1, -0.05) is 39.3 Å². The van der Waals surface area contributed by atoms with Gasteiger partial charge in [0.15, 0.2) is 0 Å². The maximum Gasteiger partial charge on any atom is 0.326 e. The summed E-state index contributed by atoms with van der Waals surface area (Å²) in [6.07, 6.45) is 0.953. The molecule has 0 heterocycles. The number of hydrogen-bond acceptors (Lipinski definition) is 3. The minimum absolute atomic E-state index is 0.0111. The smallest absolute Gasteiger partial charge is 0.326 e. The Morgan fingerprint density at radius 1 is 1.24 bits per heavy atom. The van der Waals surface area contributed by atoms with E-state index in [1.807, 2.05) is 32.9 Å². The minimum Gasteiger partial charge on any atom is -0.480 e. The lowest BCUT2D eigenvalue weighted by molar-refractivity contribution is -0.143. The molecule has 1 aromatic carbocycles. The first-order chi connectivity index (χ1) is 9.85. The van der Waals surface area contributed by atoms with Gasteiger partial charge in [-0.15, -0.1) is 0 Å². The third kappa shape index (κ3) is 5.10. The van der Waals surface area contributed by atoms with Gasteiger partial charge < -0.3 is 16.2 Å². The molecule has 3 unspecified atom stereocenters. The Hall–Kier alpha value is -2.04. The highest BCUT2D eigenvalue weighted by atomic mass is 16.4. The number of nitrogens with two attached hydrogens (primary N) is 1. The van der Waals surface area contributed by atoms with E-state index in [1.165, 1.54) is 0 Å². The Labute approximate surface area is 125 Å².